The average Bonchev–Trinajstić information content (AvgIpc) is 2.72. The first-order valence-electron chi connectivity index (χ1n) is 6.10. The zero-order chi connectivity index (χ0) is 17.4. The molecule has 4 N–H and O–H groups in total. The monoisotopic (exact) mass is 336 g/mol. The first kappa shape index (κ1) is 17.0. The molecular weight excluding hydrogens is 325 g/mol. The highest BCUT2D eigenvalue weighted by molar-refractivity contribution is 5.23. The van der Waals surface area contributed by atoms with Gasteiger partial charge in [0.25, 0.3) is 0 Å². The van der Waals surface area contributed by atoms with Crippen LogP contribution in [0.3, 0.4) is 0 Å². The summed E-state index contributed by atoms with van der Waals surface area (Å²) in [6.45, 7) is -1.22. The van der Waals surface area contributed by atoms with Gasteiger partial charge in [0.1, 0.15) is 17.8 Å². The molecule has 13 heteroatoms. The van der Waals surface area contributed by atoms with Gasteiger partial charge in [0.15, 0.2) is 12.0 Å². The fourth-order valence-electron chi connectivity index (χ4n) is 2.30. The van der Waals surface area contributed by atoms with Crippen LogP contribution in [0.2, 0.25) is 0 Å². The van der Waals surface area contributed by atoms with Crippen LogP contribution >= 0.6 is 0 Å². The Bertz CT molecular complexity index is 703. The molecule has 1 aromatic heterocycles. The molecule has 1 aromatic rings. The number of rotatable bonds is 3. The van der Waals surface area contributed by atoms with Crippen molar-refractivity contribution in [1.29, 1.82) is 0 Å². The zero-order valence-corrected chi connectivity index (χ0v) is 11.3. The molecule has 0 aromatic carbocycles. The number of nitrogens with two attached hydrogens (primary N) is 1. The number of aliphatic hydroxyl groups excluding tert-OH is 2. The van der Waals surface area contributed by atoms with E-state index < -0.39 is 42.4 Å². The summed E-state index contributed by atoms with van der Waals surface area (Å²) in [5.74, 6) is -2.86. The zero-order valence-electron chi connectivity index (χ0n) is 11.3. The van der Waals surface area contributed by atoms with Gasteiger partial charge in [-0.25, -0.2) is 4.79 Å². The second kappa shape index (κ2) is 5.70. The number of ether oxygens (including phenoxy) is 1. The molecule has 0 saturated carbocycles. The lowest BCUT2D eigenvalue weighted by Gasteiger charge is -2.25. The maximum absolute atomic E-state index is 13.3. The van der Waals surface area contributed by atoms with Gasteiger partial charge in [0.05, 0.1) is 6.61 Å². The van der Waals surface area contributed by atoms with Crippen molar-refractivity contribution in [2.45, 2.75) is 24.2 Å². The van der Waals surface area contributed by atoms with Crippen LogP contribution in [0, 0.1) is 5.92 Å². The third-order valence-electron chi connectivity index (χ3n) is 3.38. The molecule has 0 bridgehead atoms. The Morgan fingerprint density at radius 1 is 1.61 bits per heavy atom. The van der Waals surface area contributed by atoms with E-state index >= 15 is 0 Å². The quantitative estimate of drug-likeness (QED) is 0.397. The van der Waals surface area contributed by atoms with E-state index in [1.807, 2.05) is 0 Å². The molecule has 0 unspecified atom stereocenters. The van der Waals surface area contributed by atoms with Gasteiger partial charge in [-0.1, -0.05) is 5.11 Å². The van der Waals surface area contributed by atoms with E-state index in [1.54, 1.807) is 0 Å². The summed E-state index contributed by atoms with van der Waals surface area (Å²) in [6, 6.07) is 1.05. The van der Waals surface area contributed by atoms with Crippen LogP contribution in [0.15, 0.2) is 22.2 Å². The summed E-state index contributed by atoms with van der Waals surface area (Å²) >= 11 is 0. The van der Waals surface area contributed by atoms with E-state index in [1.165, 1.54) is 0 Å². The van der Waals surface area contributed by atoms with Gasteiger partial charge in [-0.15, -0.1) is 0 Å². The molecule has 1 saturated heterocycles. The van der Waals surface area contributed by atoms with E-state index in [0.29, 0.717) is 4.57 Å². The average molecular weight is 336 g/mol. The first-order chi connectivity index (χ1) is 10.7. The van der Waals surface area contributed by atoms with Gasteiger partial charge in [0.2, 0.25) is 0 Å². The van der Waals surface area contributed by atoms with E-state index in [2.05, 4.69) is 15.0 Å². The third kappa shape index (κ3) is 2.82. The number of aliphatic hydroxyl groups is 2. The second-order valence-electron chi connectivity index (χ2n) is 4.76. The lowest BCUT2D eigenvalue weighted by Crippen LogP contribution is -2.46. The molecule has 4 atom stereocenters. The Balaban J connectivity index is 2.60. The largest absolute Gasteiger partial charge is 0.398 e. The SMILES string of the molecule is [N-]=[N+]=N[C@]1(CO)O[C@@H](n2ccc(N)nc2=O)[C@H](C(F)(F)F)[C@@H]1O. The maximum Gasteiger partial charge on any atom is 0.398 e. The van der Waals surface area contributed by atoms with E-state index in [9.17, 15) is 28.2 Å². The number of hydrogen-bond acceptors (Lipinski definition) is 7. The minimum atomic E-state index is -5.02. The van der Waals surface area contributed by atoms with Crippen molar-refractivity contribution in [3.05, 3.63) is 33.2 Å². The number of nitrogen functional groups attached to an aromatic ring is 1. The van der Waals surface area contributed by atoms with Gasteiger partial charge in [-0.3, -0.25) is 4.57 Å². The Morgan fingerprint density at radius 2 is 2.26 bits per heavy atom. The van der Waals surface area contributed by atoms with E-state index in [0.717, 1.165) is 12.3 Å². The maximum atomic E-state index is 13.3. The van der Waals surface area contributed by atoms with Gasteiger partial charge in [-0.2, -0.15) is 18.2 Å². The Morgan fingerprint density at radius 3 is 2.74 bits per heavy atom. The predicted octanol–water partition coefficient (Wildman–Crippen LogP) is -0.107. The minimum Gasteiger partial charge on any atom is -0.393 e. The Hall–Kier alpha value is -2.34. The summed E-state index contributed by atoms with van der Waals surface area (Å²) < 4.78 is 45.2. The number of nitrogens with zero attached hydrogens (tertiary/aromatic N) is 5. The third-order valence-corrected chi connectivity index (χ3v) is 3.38. The highest BCUT2D eigenvalue weighted by Gasteiger charge is 2.64. The summed E-state index contributed by atoms with van der Waals surface area (Å²) in [4.78, 5) is 17.3. The van der Waals surface area contributed by atoms with Gasteiger partial charge < -0.3 is 20.7 Å². The van der Waals surface area contributed by atoms with Crippen LogP contribution in [-0.4, -0.2) is 44.4 Å². The summed E-state index contributed by atoms with van der Waals surface area (Å²) in [6.07, 6.45) is -8.65. The van der Waals surface area contributed by atoms with Crippen LogP contribution in [-0.2, 0) is 4.74 Å². The van der Waals surface area contributed by atoms with Crippen molar-refractivity contribution in [3.63, 3.8) is 0 Å². The molecule has 10 nitrogen and oxygen atoms in total. The number of halogens is 3. The molecule has 0 spiro atoms. The minimum absolute atomic E-state index is 0.225. The van der Waals surface area contributed by atoms with Crippen molar-refractivity contribution >= 4 is 5.82 Å². The van der Waals surface area contributed by atoms with Crippen LogP contribution in [0.1, 0.15) is 6.23 Å². The molecule has 1 aliphatic heterocycles. The normalized spacial score (nSPS) is 30.9. The van der Waals surface area contributed by atoms with Crippen molar-refractivity contribution in [3.8, 4) is 0 Å². The molecule has 2 rings (SSSR count). The number of azide groups is 1. The van der Waals surface area contributed by atoms with Crippen molar-refractivity contribution < 1.29 is 28.1 Å². The molecule has 2 heterocycles. The molecule has 23 heavy (non-hydrogen) atoms. The Labute approximate surface area is 125 Å². The van der Waals surface area contributed by atoms with Crippen molar-refractivity contribution in [2.24, 2.45) is 11.0 Å². The lowest BCUT2D eigenvalue weighted by atomic mass is 9.95. The van der Waals surface area contributed by atoms with Crippen molar-refractivity contribution in [1.82, 2.24) is 9.55 Å². The molecule has 0 radical (unpaired) electrons. The van der Waals surface area contributed by atoms with Crippen LogP contribution in [0.4, 0.5) is 19.0 Å². The standard InChI is InChI=1S/C10H11F3N6O4/c11-10(12,13)5-6(21)9(3-20,17-18-15)23-7(5)19-2-1-4(14)16-8(19)22/h1-2,5-7,20-21H,3H2,(H2,14,16,22)/t5-,6+,7-,9-/m1/s1. The fourth-order valence-corrected chi connectivity index (χ4v) is 2.30. The van der Waals surface area contributed by atoms with Crippen LogP contribution in [0.25, 0.3) is 10.4 Å². The first-order valence-corrected chi connectivity index (χ1v) is 6.10. The van der Waals surface area contributed by atoms with E-state index in [-0.39, 0.29) is 5.82 Å². The highest BCUT2D eigenvalue weighted by Crippen LogP contribution is 2.49. The van der Waals surface area contributed by atoms with Crippen LogP contribution in [0.5, 0.6) is 0 Å². The van der Waals surface area contributed by atoms with Gasteiger partial charge in [0, 0.05) is 11.1 Å². The van der Waals surface area contributed by atoms with E-state index in [4.69, 9.17) is 16.0 Å². The fraction of sp³-hybridized carbons (Fsp3) is 0.600. The Kier molecular flexibility index (Phi) is 4.22. The number of aromatic nitrogens is 2. The molecule has 0 aliphatic carbocycles. The molecule has 126 valence electrons. The van der Waals surface area contributed by atoms with Gasteiger partial charge in [-0.05, 0) is 11.6 Å². The summed E-state index contributed by atoms with van der Waals surface area (Å²) in [7, 11) is 0. The molecule has 1 aliphatic rings. The van der Waals surface area contributed by atoms with Crippen molar-refractivity contribution in [2.75, 3.05) is 12.3 Å². The molecule has 1 fully saturated rings. The number of hydrogen-bond donors (Lipinski definition) is 3. The second-order valence-corrected chi connectivity index (χ2v) is 4.76. The lowest BCUT2D eigenvalue weighted by molar-refractivity contribution is -0.211. The topological polar surface area (TPSA) is 159 Å². The molecule has 0 amide bonds. The number of anilines is 1. The number of alkyl halides is 3. The van der Waals surface area contributed by atoms with Crippen LogP contribution < -0.4 is 11.4 Å². The molecular formula is C10H11F3N6O4. The summed E-state index contributed by atoms with van der Waals surface area (Å²) in [5, 5.41) is 22.1. The predicted molar refractivity (Wildman–Crippen MR) is 67.5 cm³/mol. The highest BCUT2D eigenvalue weighted by atomic mass is 19.4. The van der Waals surface area contributed by atoms with Gasteiger partial charge >= 0.3 is 11.9 Å². The smallest absolute Gasteiger partial charge is 0.393 e. The summed E-state index contributed by atoms with van der Waals surface area (Å²) in [5.41, 5.74) is 9.97.